The van der Waals surface area contributed by atoms with Crippen molar-refractivity contribution in [2.45, 2.75) is 6.54 Å². The van der Waals surface area contributed by atoms with E-state index in [9.17, 15) is 4.79 Å². The quantitative estimate of drug-likeness (QED) is 0.912. The molecule has 4 nitrogen and oxygen atoms in total. The Kier molecular flexibility index (Phi) is 3.75. The van der Waals surface area contributed by atoms with Crippen LogP contribution >= 0.6 is 27.3 Å². The first-order chi connectivity index (χ1) is 8.15. The van der Waals surface area contributed by atoms with E-state index < -0.39 is 5.91 Å². The van der Waals surface area contributed by atoms with Crippen LogP contribution in [0.5, 0.6) is 0 Å². The number of nitrogens with two attached hydrogens (primary N) is 1. The van der Waals surface area contributed by atoms with Gasteiger partial charge in [0.2, 0.25) is 0 Å². The number of rotatable bonds is 4. The van der Waals surface area contributed by atoms with Gasteiger partial charge in [-0.3, -0.25) is 4.79 Å². The van der Waals surface area contributed by atoms with Crippen LogP contribution in [0.25, 0.3) is 0 Å². The summed E-state index contributed by atoms with van der Waals surface area (Å²) in [5.74, 6) is -0.445. The molecule has 0 aliphatic rings. The van der Waals surface area contributed by atoms with Crippen LogP contribution < -0.4 is 11.1 Å². The van der Waals surface area contributed by atoms with Crippen molar-refractivity contribution in [2.24, 2.45) is 5.73 Å². The molecule has 0 aliphatic heterocycles. The number of hydrogen-bond donors (Lipinski definition) is 2. The van der Waals surface area contributed by atoms with Gasteiger partial charge in [0.05, 0.1) is 6.20 Å². The van der Waals surface area contributed by atoms with E-state index in [-0.39, 0.29) is 0 Å². The Hall–Kier alpha value is -1.40. The third-order valence-electron chi connectivity index (χ3n) is 2.11. The van der Waals surface area contributed by atoms with E-state index in [1.165, 1.54) is 17.5 Å². The van der Waals surface area contributed by atoms with Crippen LogP contribution in [0.1, 0.15) is 15.2 Å². The number of halogens is 1. The Balaban J connectivity index is 1.97. The molecule has 1 heterocycles. The standard InChI is InChI=1S/C11H10BrN3OS/c12-8-3-1-7(2-4-8)5-14-11-15-6-9(17-11)10(13)16/h1-4,6H,5H2,(H2,13,16)(H,14,15). The van der Waals surface area contributed by atoms with Crippen LogP contribution in [0, 0.1) is 0 Å². The highest BCUT2D eigenvalue weighted by Gasteiger charge is 2.05. The summed E-state index contributed by atoms with van der Waals surface area (Å²) in [4.78, 5) is 15.4. The maximum absolute atomic E-state index is 10.9. The number of nitrogens with zero attached hydrogens (tertiary/aromatic N) is 1. The second-order valence-corrected chi connectivity index (χ2v) is 5.32. The maximum Gasteiger partial charge on any atom is 0.260 e. The number of thiazole rings is 1. The molecular formula is C11H10BrN3OS. The highest BCUT2D eigenvalue weighted by Crippen LogP contribution is 2.18. The first kappa shape index (κ1) is 12.1. The van der Waals surface area contributed by atoms with Gasteiger partial charge in [0.1, 0.15) is 4.88 Å². The SMILES string of the molecule is NC(=O)c1cnc(NCc2ccc(Br)cc2)s1. The van der Waals surface area contributed by atoms with Gasteiger partial charge in [-0.25, -0.2) is 4.98 Å². The minimum absolute atomic E-state index is 0.445. The first-order valence-electron chi connectivity index (χ1n) is 4.89. The summed E-state index contributed by atoms with van der Waals surface area (Å²) in [7, 11) is 0. The maximum atomic E-state index is 10.9. The van der Waals surface area contributed by atoms with Crippen molar-refractivity contribution in [2.75, 3.05) is 5.32 Å². The first-order valence-corrected chi connectivity index (χ1v) is 6.50. The third-order valence-corrected chi connectivity index (χ3v) is 3.60. The van der Waals surface area contributed by atoms with E-state index in [0.717, 1.165) is 10.0 Å². The number of anilines is 1. The zero-order valence-electron chi connectivity index (χ0n) is 8.81. The van der Waals surface area contributed by atoms with Gasteiger partial charge >= 0.3 is 0 Å². The number of carbonyl (C=O) groups is 1. The lowest BCUT2D eigenvalue weighted by Gasteiger charge is -2.02. The summed E-state index contributed by atoms with van der Waals surface area (Å²) < 4.78 is 1.05. The molecule has 0 fully saturated rings. The van der Waals surface area contributed by atoms with Crippen LogP contribution in [0.2, 0.25) is 0 Å². The molecule has 1 amide bonds. The van der Waals surface area contributed by atoms with Crippen molar-refractivity contribution in [3.8, 4) is 0 Å². The van der Waals surface area contributed by atoms with E-state index in [2.05, 4.69) is 26.2 Å². The second-order valence-electron chi connectivity index (χ2n) is 3.37. The molecule has 0 radical (unpaired) electrons. The van der Waals surface area contributed by atoms with Crippen LogP contribution in [0.3, 0.4) is 0 Å². The molecule has 0 atom stereocenters. The molecule has 3 N–H and O–H groups in total. The fraction of sp³-hybridized carbons (Fsp3) is 0.0909. The van der Waals surface area contributed by atoms with Crippen molar-refractivity contribution >= 4 is 38.3 Å². The molecule has 0 saturated carbocycles. The lowest BCUT2D eigenvalue weighted by molar-refractivity contribution is 0.100. The van der Waals surface area contributed by atoms with E-state index in [0.29, 0.717) is 16.6 Å². The van der Waals surface area contributed by atoms with E-state index in [1.54, 1.807) is 0 Å². The predicted molar refractivity (Wildman–Crippen MR) is 72.1 cm³/mol. The van der Waals surface area contributed by atoms with Crippen LogP contribution in [0.4, 0.5) is 5.13 Å². The molecule has 2 aromatic rings. The normalized spacial score (nSPS) is 10.2. The predicted octanol–water partition coefficient (Wildman–Crippen LogP) is 2.62. The van der Waals surface area contributed by atoms with Crippen LogP contribution in [-0.2, 0) is 6.54 Å². The Bertz CT molecular complexity index is 524. The molecular weight excluding hydrogens is 302 g/mol. The molecule has 88 valence electrons. The Morgan fingerprint density at radius 1 is 1.41 bits per heavy atom. The van der Waals surface area contributed by atoms with E-state index in [4.69, 9.17) is 5.73 Å². The number of amides is 1. The summed E-state index contributed by atoms with van der Waals surface area (Å²) in [5, 5.41) is 3.84. The van der Waals surface area contributed by atoms with Gasteiger partial charge in [-0.05, 0) is 17.7 Å². The zero-order chi connectivity index (χ0) is 12.3. The second kappa shape index (κ2) is 5.29. The minimum Gasteiger partial charge on any atom is -0.365 e. The number of carbonyl (C=O) groups excluding carboxylic acids is 1. The summed E-state index contributed by atoms with van der Waals surface area (Å²) in [5.41, 5.74) is 6.29. The molecule has 1 aromatic heterocycles. The molecule has 6 heteroatoms. The topological polar surface area (TPSA) is 68.0 Å². The molecule has 0 bridgehead atoms. The lowest BCUT2D eigenvalue weighted by atomic mass is 10.2. The number of aromatic nitrogens is 1. The molecule has 0 saturated heterocycles. The van der Waals surface area contributed by atoms with Gasteiger partial charge in [0, 0.05) is 11.0 Å². The van der Waals surface area contributed by atoms with Crippen molar-refractivity contribution in [1.29, 1.82) is 0 Å². The van der Waals surface area contributed by atoms with Crippen molar-refractivity contribution < 1.29 is 4.79 Å². The highest BCUT2D eigenvalue weighted by atomic mass is 79.9. The Morgan fingerprint density at radius 2 is 2.12 bits per heavy atom. The zero-order valence-corrected chi connectivity index (χ0v) is 11.2. The van der Waals surface area contributed by atoms with Crippen molar-refractivity contribution in [3.63, 3.8) is 0 Å². The van der Waals surface area contributed by atoms with Gasteiger partial charge in [0.15, 0.2) is 5.13 Å². The molecule has 2 rings (SSSR count). The number of hydrogen-bond acceptors (Lipinski definition) is 4. The van der Waals surface area contributed by atoms with Gasteiger partial charge in [-0.2, -0.15) is 0 Å². The van der Waals surface area contributed by atoms with Crippen LogP contribution in [-0.4, -0.2) is 10.9 Å². The van der Waals surface area contributed by atoms with Crippen molar-refractivity contribution in [3.05, 3.63) is 45.4 Å². The monoisotopic (exact) mass is 311 g/mol. The fourth-order valence-electron chi connectivity index (χ4n) is 1.25. The largest absolute Gasteiger partial charge is 0.365 e. The molecule has 1 aromatic carbocycles. The fourth-order valence-corrected chi connectivity index (χ4v) is 2.18. The molecule has 0 unspecified atom stereocenters. The Labute approximate surface area is 111 Å². The average Bonchev–Trinajstić information content (AvgIpc) is 2.77. The average molecular weight is 312 g/mol. The van der Waals surface area contributed by atoms with Gasteiger partial charge in [-0.15, -0.1) is 0 Å². The van der Waals surface area contributed by atoms with Gasteiger partial charge < -0.3 is 11.1 Å². The number of nitrogens with one attached hydrogen (secondary N) is 1. The number of benzene rings is 1. The van der Waals surface area contributed by atoms with Gasteiger partial charge in [-0.1, -0.05) is 39.4 Å². The van der Waals surface area contributed by atoms with Crippen LogP contribution in [0.15, 0.2) is 34.9 Å². The minimum atomic E-state index is -0.445. The smallest absolute Gasteiger partial charge is 0.260 e. The highest BCUT2D eigenvalue weighted by molar-refractivity contribution is 9.10. The Morgan fingerprint density at radius 3 is 2.71 bits per heavy atom. The van der Waals surface area contributed by atoms with E-state index >= 15 is 0 Å². The van der Waals surface area contributed by atoms with E-state index in [1.807, 2.05) is 24.3 Å². The molecule has 0 spiro atoms. The summed E-state index contributed by atoms with van der Waals surface area (Å²) >= 11 is 4.64. The summed E-state index contributed by atoms with van der Waals surface area (Å²) in [6.45, 7) is 0.666. The molecule has 17 heavy (non-hydrogen) atoms. The van der Waals surface area contributed by atoms with Crippen molar-refractivity contribution in [1.82, 2.24) is 4.98 Å². The summed E-state index contributed by atoms with van der Waals surface area (Å²) in [6.07, 6.45) is 1.48. The number of primary amides is 1. The summed E-state index contributed by atoms with van der Waals surface area (Å²) in [6, 6.07) is 7.99. The lowest BCUT2D eigenvalue weighted by Crippen LogP contribution is -2.08. The third kappa shape index (κ3) is 3.28. The molecule has 0 aliphatic carbocycles. The van der Waals surface area contributed by atoms with Gasteiger partial charge in [0.25, 0.3) is 5.91 Å².